The van der Waals surface area contributed by atoms with Gasteiger partial charge in [0, 0.05) is 0 Å². The number of rotatable bonds is 7. The second kappa shape index (κ2) is 8.67. The Balaban J connectivity index is 1.60. The fourth-order valence-electron chi connectivity index (χ4n) is 3.25. The van der Waals surface area contributed by atoms with Crippen LogP contribution in [-0.4, -0.2) is 0 Å². The van der Waals surface area contributed by atoms with Gasteiger partial charge in [0.05, 0.1) is 0 Å². The molecule has 0 radical (unpaired) electrons. The summed E-state index contributed by atoms with van der Waals surface area (Å²) in [4.78, 5) is 0. The Labute approximate surface area is 152 Å². The fourth-order valence-corrected chi connectivity index (χ4v) is 3.25. The second-order valence-electron chi connectivity index (χ2n) is 6.81. The standard InChI is InChI=1S/C25H28/c1-3-5-21-6-8-22(9-7-21)10-11-23-14-18-25(19-15-23)24-16-12-20(4-2)13-17-24/h6-9,12-19H,3-5,10-11H2,1-2H3. The van der Waals surface area contributed by atoms with Gasteiger partial charge in [0.1, 0.15) is 0 Å². The highest BCUT2D eigenvalue weighted by atomic mass is 14.1. The third kappa shape index (κ3) is 4.82. The van der Waals surface area contributed by atoms with Crippen LogP contribution in [-0.2, 0) is 25.7 Å². The van der Waals surface area contributed by atoms with E-state index in [0.717, 1.165) is 19.3 Å². The first-order valence-electron chi connectivity index (χ1n) is 9.54. The molecule has 0 aromatic heterocycles. The maximum absolute atomic E-state index is 2.29. The zero-order chi connectivity index (χ0) is 17.5. The molecule has 0 heterocycles. The minimum atomic E-state index is 1.10. The fraction of sp³-hybridized carbons (Fsp3) is 0.280. The SMILES string of the molecule is CCCc1ccc(CCc2ccc(-c3ccc(CC)cc3)cc2)cc1. The number of hydrogen-bond acceptors (Lipinski definition) is 0. The van der Waals surface area contributed by atoms with Gasteiger partial charge in [-0.3, -0.25) is 0 Å². The maximum Gasteiger partial charge on any atom is -0.0184 e. The van der Waals surface area contributed by atoms with Crippen molar-refractivity contribution in [3.63, 3.8) is 0 Å². The molecule has 0 heteroatoms. The molecule has 0 bridgehead atoms. The van der Waals surface area contributed by atoms with Gasteiger partial charge in [0.25, 0.3) is 0 Å². The van der Waals surface area contributed by atoms with E-state index in [1.165, 1.54) is 46.2 Å². The summed E-state index contributed by atoms with van der Waals surface area (Å²) < 4.78 is 0. The van der Waals surface area contributed by atoms with E-state index in [1.54, 1.807) is 0 Å². The lowest BCUT2D eigenvalue weighted by atomic mass is 9.99. The molecule has 0 unspecified atom stereocenters. The van der Waals surface area contributed by atoms with Gasteiger partial charge in [0.2, 0.25) is 0 Å². The zero-order valence-electron chi connectivity index (χ0n) is 15.5. The van der Waals surface area contributed by atoms with E-state index in [1.807, 2.05) is 0 Å². The van der Waals surface area contributed by atoms with Gasteiger partial charge >= 0.3 is 0 Å². The van der Waals surface area contributed by atoms with Crippen LogP contribution in [0.15, 0.2) is 72.8 Å². The molecule has 0 saturated carbocycles. The second-order valence-corrected chi connectivity index (χ2v) is 6.81. The van der Waals surface area contributed by atoms with E-state index < -0.39 is 0 Å². The van der Waals surface area contributed by atoms with E-state index in [4.69, 9.17) is 0 Å². The largest absolute Gasteiger partial charge is 0.0651 e. The molecule has 0 amide bonds. The first-order valence-corrected chi connectivity index (χ1v) is 9.54. The van der Waals surface area contributed by atoms with E-state index in [9.17, 15) is 0 Å². The monoisotopic (exact) mass is 328 g/mol. The lowest BCUT2D eigenvalue weighted by Crippen LogP contribution is -1.92. The summed E-state index contributed by atoms with van der Waals surface area (Å²) in [6, 6.07) is 27.1. The summed E-state index contributed by atoms with van der Waals surface area (Å²) in [6.45, 7) is 4.43. The average Bonchev–Trinajstić information content (AvgIpc) is 2.68. The molecule has 0 aliphatic carbocycles. The van der Waals surface area contributed by atoms with Gasteiger partial charge in [-0.05, 0) is 59.1 Å². The van der Waals surface area contributed by atoms with Gasteiger partial charge in [-0.1, -0.05) is 93.1 Å². The third-order valence-electron chi connectivity index (χ3n) is 4.91. The normalized spacial score (nSPS) is 10.8. The summed E-state index contributed by atoms with van der Waals surface area (Å²) in [5.74, 6) is 0. The number of hydrogen-bond donors (Lipinski definition) is 0. The molecule has 0 spiro atoms. The summed E-state index contributed by atoms with van der Waals surface area (Å²) in [5.41, 5.74) is 8.28. The van der Waals surface area contributed by atoms with Crippen molar-refractivity contribution in [3.05, 3.63) is 95.1 Å². The number of benzene rings is 3. The third-order valence-corrected chi connectivity index (χ3v) is 4.91. The molecule has 3 aromatic rings. The highest BCUT2D eigenvalue weighted by Gasteiger charge is 2.00. The van der Waals surface area contributed by atoms with Gasteiger partial charge in [-0.25, -0.2) is 0 Å². The van der Waals surface area contributed by atoms with Gasteiger partial charge in [-0.2, -0.15) is 0 Å². The lowest BCUT2D eigenvalue weighted by Gasteiger charge is -2.07. The van der Waals surface area contributed by atoms with Crippen LogP contribution >= 0.6 is 0 Å². The van der Waals surface area contributed by atoms with E-state index in [-0.39, 0.29) is 0 Å². The van der Waals surface area contributed by atoms with Crippen LogP contribution in [0.25, 0.3) is 11.1 Å². The van der Waals surface area contributed by atoms with Crippen LogP contribution in [0.2, 0.25) is 0 Å². The molecular weight excluding hydrogens is 300 g/mol. The van der Waals surface area contributed by atoms with Crippen LogP contribution in [0.4, 0.5) is 0 Å². The number of aryl methyl sites for hydroxylation is 4. The first kappa shape index (κ1) is 17.5. The van der Waals surface area contributed by atoms with Crippen molar-refractivity contribution in [1.82, 2.24) is 0 Å². The summed E-state index contributed by atoms with van der Waals surface area (Å²) in [5, 5.41) is 0. The molecule has 3 aromatic carbocycles. The molecule has 3 rings (SSSR count). The van der Waals surface area contributed by atoms with Gasteiger partial charge in [-0.15, -0.1) is 0 Å². The van der Waals surface area contributed by atoms with Crippen molar-refractivity contribution in [2.24, 2.45) is 0 Å². The highest BCUT2D eigenvalue weighted by molar-refractivity contribution is 5.64. The first-order chi connectivity index (χ1) is 12.3. The molecule has 0 aliphatic rings. The van der Waals surface area contributed by atoms with Crippen molar-refractivity contribution in [3.8, 4) is 11.1 Å². The Hall–Kier alpha value is -2.34. The summed E-state index contributed by atoms with van der Waals surface area (Å²) in [7, 11) is 0. The Morgan fingerprint density at radius 2 is 0.800 bits per heavy atom. The maximum atomic E-state index is 2.29. The molecule has 128 valence electrons. The summed E-state index contributed by atoms with van der Waals surface area (Å²) >= 11 is 0. The van der Waals surface area contributed by atoms with Crippen LogP contribution in [0.3, 0.4) is 0 Å². The van der Waals surface area contributed by atoms with Crippen LogP contribution in [0.5, 0.6) is 0 Å². The molecule has 25 heavy (non-hydrogen) atoms. The van der Waals surface area contributed by atoms with Crippen molar-refractivity contribution in [1.29, 1.82) is 0 Å². The van der Waals surface area contributed by atoms with E-state index >= 15 is 0 Å². The molecule has 0 atom stereocenters. The highest BCUT2D eigenvalue weighted by Crippen LogP contribution is 2.21. The van der Waals surface area contributed by atoms with E-state index in [0.29, 0.717) is 0 Å². The van der Waals surface area contributed by atoms with Gasteiger partial charge < -0.3 is 0 Å². The predicted molar refractivity (Wildman–Crippen MR) is 109 cm³/mol. The van der Waals surface area contributed by atoms with Gasteiger partial charge in [0.15, 0.2) is 0 Å². The summed E-state index contributed by atoms with van der Waals surface area (Å²) in [6.07, 6.45) is 5.70. The minimum Gasteiger partial charge on any atom is -0.0651 e. The van der Waals surface area contributed by atoms with Crippen LogP contribution < -0.4 is 0 Å². The molecule has 0 aliphatic heterocycles. The molecule has 0 nitrogen and oxygen atoms in total. The molecule has 0 fully saturated rings. The van der Waals surface area contributed by atoms with E-state index in [2.05, 4.69) is 86.6 Å². The topological polar surface area (TPSA) is 0 Å². The van der Waals surface area contributed by atoms with Crippen LogP contribution in [0.1, 0.15) is 42.5 Å². The van der Waals surface area contributed by atoms with Crippen molar-refractivity contribution >= 4 is 0 Å². The minimum absolute atomic E-state index is 1.10. The van der Waals surface area contributed by atoms with Crippen molar-refractivity contribution < 1.29 is 0 Å². The molecular formula is C25H28. The smallest absolute Gasteiger partial charge is 0.0184 e. The molecule has 0 N–H and O–H groups in total. The van der Waals surface area contributed by atoms with Crippen molar-refractivity contribution in [2.75, 3.05) is 0 Å². The van der Waals surface area contributed by atoms with Crippen molar-refractivity contribution in [2.45, 2.75) is 46.0 Å². The Kier molecular flexibility index (Phi) is 6.06. The van der Waals surface area contributed by atoms with Crippen LogP contribution in [0, 0.1) is 0 Å². The lowest BCUT2D eigenvalue weighted by molar-refractivity contribution is 0.914. The zero-order valence-corrected chi connectivity index (χ0v) is 15.5. The quantitative estimate of drug-likeness (QED) is 0.455. The Bertz CT molecular complexity index is 762. The molecule has 0 saturated heterocycles. The predicted octanol–water partition coefficient (Wildman–Crippen LogP) is 6.65. The Morgan fingerprint density at radius 1 is 0.440 bits per heavy atom. The average molecular weight is 328 g/mol. The Morgan fingerprint density at radius 3 is 1.20 bits per heavy atom.